The molecule has 1 aromatic rings. The first-order valence-electron chi connectivity index (χ1n) is 6.19. The maximum Gasteiger partial charge on any atom is 0.0416 e. The van der Waals surface area contributed by atoms with Crippen LogP contribution >= 0.6 is 0 Å². The lowest BCUT2D eigenvalue weighted by molar-refractivity contribution is 0.324. The first kappa shape index (κ1) is 11.3. The van der Waals surface area contributed by atoms with E-state index in [1.165, 1.54) is 17.7 Å². The monoisotopic (exact) mass is 218 g/mol. The van der Waals surface area contributed by atoms with E-state index in [0.29, 0.717) is 0 Å². The average molecular weight is 218 g/mol. The number of benzene rings is 1. The Bertz CT molecular complexity index is 373. The van der Waals surface area contributed by atoms with Gasteiger partial charge in [0.2, 0.25) is 0 Å². The zero-order valence-corrected chi connectivity index (χ0v) is 10.5. The fraction of sp³-hybridized carbons (Fsp3) is 0.571. The SMILES string of the molecule is Cc1c(N)cccc1N1CCC(C)C(C)C1. The second-order valence-electron chi connectivity index (χ2n) is 5.18. The van der Waals surface area contributed by atoms with E-state index in [1.54, 1.807) is 0 Å². The number of anilines is 2. The van der Waals surface area contributed by atoms with Gasteiger partial charge in [0.15, 0.2) is 0 Å². The molecule has 0 amide bonds. The van der Waals surface area contributed by atoms with Crippen LogP contribution < -0.4 is 10.6 Å². The van der Waals surface area contributed by atoms with Crippen LogP contribution in [0.3, 0.4) is 0 Å². The fourth-order valence-electron chi connectivity index (χ4n) is 2.47. The van der Waals surface area contributed by atoms with E-state index < -0.39 is 0 Å². The van der Waals surface area contributed by atoms with Gasteiger partial charge < -0.3 is 10.6 Å². The van der Waals surface area contributed by atoms with Crippen LogP contribution in [0, 0.1) is 18.8 Å². The molecule has 2 unspecified atom stereocenters. The van der Waals surface area contributed by atoms with E-state index in [2.05, 4.69) is 37.8 Å². The van der Waals surface area contributed by atoms with E-state index in [1.807, 2.05) is 6.07 Å². The summed E-state index contributed by atoms with van der Waals surface area (Å²) in [5.74, 6) is 1.62. The smallest absolute Gasteiger partial charge is 0.0416 e. The van der Waals surface area contributed by atoms with Crippen molar-refractivity contribution in [2.75, 3.05) is 23.7 Å². The summed E-state index contributed by atoms with van der Waals surface area (Å²) in [4.78, 5) is 2.48. The van der Waals surface area contributed by atoms with E-state index >= 15 is 0 Å². The van der Waals surface area contributed by atoms with Crippen molar-refractivity contribution >= 4 is 11.4 Å². The summed E-state index contributed by atoms with van der Waals surface area (Å²) < 4.78 is 0. The second kappa shape index (κ2) is 4.36. The molecule has 0 radical (unpaired) electrons. The molecule has 88 valence electrons. The third-order valence-corrected chi connectivity index (χ3v) is 4.02. The summed E-state index contributed by atoms with van der Waals surface area (Å²) in [6.45, 7) is 9.14. The van der Waals surface area contributed by atoms with Crippen LogP contribution in [0.2, 0.25) is 0 Å². The lowest BCUT2D eigenvalue weighted by Crippen LogP contribution is -2.38. The van der Waals surface area contributed by atoms with Gasteiger partial charge in [-0.15, -0.1) is 0 Å². The Balaban J connectivity index is 2.22. The molecule has 2 N–H and O–H groups in total. The Kier molecular flexibility index (Phi) is 3.08. The summed E-state index contributed by atoms with van der Waals surface area (Å²) >= 11 is 0. The predicted octanol–water partition coefficient (Wildman–Crippen LogP) is 3.06. The lowest BCUT2D eigenvalue weighted by Gasteiger charge is -2.37. The summed E-state index contributed by atoms with van der Waals surface area (Å²) in [5.41, 5.74) is 9.41. The van der Waals surface area contributed by atoms with Gasteiger partial charge in [0.1, 0.15) is 0 Å². The maximum absolute atomic E-state index is 5.96. The zero-order valence-electron chi connectivity index (χ0n) is 10.5. The van der Waals surface area contributed by atoms with Gasteiger partial charge in [-0.1, -0.05) is 19.9 Å². The number of nitrogens with two attached hydrogens (primary N) is 1. The maximum atomic E-state index is 5.96. The van der Waals surface area contributed by atoms with E-state index in [9.17, 15) is 0 Å². The van der Waals surface area contributed by atoms with Crippen LogP contribution in [0.4, 0.5) is 11.4 Å². The van der Waals surface area contributed by atoms with Crippen molar-refractivity contribution in [2.45, 2.75) is 27.2 Å². The van der Waals surface area contributed by atoms with Crippen LogP contribution in [0.5, 0.6) is 0 Å². The Labute approximate surface area is 98.4 Å². The highest BCUT2D eigenvalue weighted by Gasteiger charge is 2.23. The minimum atomic E-state index is 0.773. The van der Waals surface area contributed by atoms with E-state index in [0.717, 1.165) is 30.6 Å². The van der Waals surface area contributed by atoms with Gasteiger partial charge in [0, 0.05) is 24.5 Å². The van der Waals surface area contributed by atoms with E-state index in [4.69, 9.17) is 5.73 Å². The quantitative estimate of drug-likeness (QED) is 0.734. The van der Waals surface area contributed by atoms with Gasteiger partial charge in [-0.3, -0.25) is 0 Å². The topological polar surface area (TPSA) is 29.3 Å². The number of piperidine rings is 1. The minimum Gasteiger partial charge on any atom is -0.398 e. The van der Waals surface area contributed by atoms with Crippen LogP contribution in [-0.4, -0.2) is 13.1 Å². The number of rotatable bonds is 1. The lowest BCUT2D eigenvalue weighted by atomic mass is 9.88. The highest BCUT2D eigenvalue weighted by atomic mass is 15.1. The first-order chi connectivity index (χ1) is 7.59. The molecule has 1 aliphatic heterocycles. The second-order valence-corrected chi connectivity index (χ2v) is 5.18. The van der Waals surface area contributed by atoms with Gasteiger partial charge in [-0.05, 0) is 42.9 Å². The molecule has 0 spiro atoms. The van der Waals surface area contributed by atoms with Crippen LogP contribution in [0.25, 0.3) is 0 Å². The van der Waals surface area contributed by atoms with E-state index in [-0.39, 0.29) is 0 Å². The number of hydrogen-bond acceptors (Lipinski definition) is 2. The Hall–Kier alpha value is -1.18. The van der Waals surface area contributed by atoms with Gasteiger partial charge in [0.05, 0.1) is 0 Å². The van der Waals surface area contributed by atoms with Gasteiger partial charge in [-0.2, -0.15) is 0 Å². The number of nitrogens with zero attached hydrogens (tertiary/aromatic N) is 1. The van der Waals surface area contributed by atoms with Crippen LogP contribution in [0.15, 0.2) is 18.2 Å². The molecule has 1 saturated heterocycles. The van der Waals surface area contributed by atoms with Crippen molar-refractivity contribution in [1.29, 1.82) is 0 Å². The third kappa shape index (κ3) is 2.01. The van der Waals surface area contributed by atoms with Gasteiger partial charge in [-0.25, -0.2) is 0 Å². The molecule has 2 rings (SSSR count). The molecule has 2 nitrogen and oxygen atoms in total. The Morgan fingerprint density at radius 3 is 2.69 bits per heavy atom. The Morgan fingerprint density at radius 1 is 1.25 bits per heavy atom. The Morgan fingerprint density at radius 2 is 2.00 bits per heavy atom. The molecule has 0 aromatic heterocycles. The van der Waals surface area contributed by atoms with Crippen molar-refractivity contribution in [1.82, 2.24) is 0 Å². The van der Waals surface area contributed by atoms with Crippen molar-refractivity contribution in [3.63, 3.8) is 0 Å². The number of hydrogen-bond donors (Lipinski definition) is 1. The fourth-order valence-corrected chi connectivity index (χ4v) is 2.47. The summed E-state index contributed by atoms with van der Waals surface area (Å²) in [6, 6.07) is 6.23. The molecule has 0 aliphatic carbocycles. The average Bonchev–Trinajstić information content (AvgIpc) is 2.26. The zero-order chi connectivity index (χ0) is 11.7. The van der Waals surface area contributed by atoms with Crippen molar-refractivity contribution in [2.24, 2.45) is 11.8 Å². The third-order valence-electron chi connectivity index (χ3n) is 4.02. The summed E-state index contributed by atoms with van der Waals surface area (Å²) in [5, 5.41) is 0. The predicted molar refractivity (Wildman–Crippen MR) is 70.7 cm³/mol. The molecule has 16 heavy (non-hydrogen) atoms. The highest BCUT2D eigenvalue weighted by molar-refractivity contribution is 5.64. The molecule has 1 aliphatic rings. The van der Waals surface area contributed by atoms with Crippen molar-refractivity contribution in [3.05, 3.63) is 23.8 Å². The number of nitrogen functional groups attached to an aromatic ring is 1. The minimum absolute atomic E-state index is 0.773. The standard InChI is InChI=1S/C14H22N2/c1-10-7-8-16(9-11(10)2)14-6-4-5-13(15)12(14)3/h4-6,10-11H,7-9,15H2,1-3H3. The summed E-state index contributed by atoms with van der Waals surface area (Å²) in [6.07, 6.45) is 1.29. The molecule has 2 heteroatoms. The van der Waals surface area contributed by atoms with Gasteiger partial charge >= 0.3 is 0 Å². The van der Waals surface area contributed by atoms with Crippen LogP contribution in [-0.2, 0) is 0 Å². The highest BCUT2D eigenvalue weighted by Crippen LogP contribution is 2.30. The molecule has 1 heterocycles. The first-order valence-corrected chi connectivity index (χ1v) is 6.19. The molecule has 0 bridgehead atoms. The van der Waals surface area contributed by atoms with Crippen molar-refractivity contribution in [3.8, 4) is 0 Å². The van der Waals surface area contributed by atoms with Crippen molar-refractivity contribution < 1.29 is 0 Å². The molecular weight excluding hydrogens is 196 g/mol. The largest absolute Gasteiger partial charge is 0.398 e. The molecule has 2 atom stereocenters. The van der Waals surface area contributed by atoms with Gasteiger partial charge in [0.25, 0.3) is 0 Å². The molecule has 0 saturated carbocycles. The molecular formula is C14H22N2. The van der Waals surface area contributed by atoms with Crippen LogP contribution in [0.1, 0.15) is 25.8 Å². The normalized spacial score (nSPS) is 25.8. The molecule has 1 aromatic carbocycles. The summed E-state index contributed by atoms with van der Waals surface area (Å²) in [7, 11) is 0. The molecule has 1 fully saturated rings.